The van der Waals surface area contributed by atoms with E-state index in [1.54, 1.807) is 0 Å². The molecule has 118 valence electrons. The fraction of sp³-hybridized carbons (Fsp3) is 0.786. The van der Waals surface area contributed by atoms with E-state index in [1.165, 1.54) is 4.90 Å². The highest BCUT2D eigenvalue weighted by Crippen LogP contribution is 2.27. The van der Waals surface area contributed by atoms with Gasteiger partial charge in [0, 0.05) is 19.1 Å². The van der Waals surface area contributed by atoms with Gasteiger partial charge < -0.3 is 20.9 Å². The summed E-state index contributed by atoms with van der Waals surface area (Å²) in [5.41, 5.74) is 5.71. The Morgan fingerprint density at radius 1 is 1.33 bits per heavy atom. The van der Waals surface area contributed by atoms with Gasteiger partial charge in [-0.05, 0) is 18.8 Å². The second kappa shape index (κ2) is 6.43. The molecule has 7 nitrogen and oxygen atoms in total. The molecule has 1 aliphatic carbocycles. The molecule has 2 aliphatic rings. The largest absolute Gasteiger partial charge is 0.346 e. The van der Waals surface area contributed by atoms with Gasteiger partial charge in [-0.2, -0.15) is 0 Å². The van der Waals surface area contributed by atoms with Crippen LogP contribution in [-0.2, 0) is 14.4 Å². The van der Waals surface area contributed by atoms with Crippen molar-refractivity contribution in [2.24, 2.45) is 11.7 Å². The van der Waals surface area contributed by atoms with E-state index in [0.29, 0.717) is 19.1 Å². The second-order valence-electron chi connectivity index (χ2n) is 6.12. The maximum Gasteiger partial charge on any atom is 0.242 e. The molecule has 1 atom stereocenters. The van der Waals surface area contributed by atoms with E-state index in [0.717, 1.165) is 12.8 Å². The van der Waals surface area contributed by atoms with Gasteiger partial charge in [-0.25, -0.2) is 0 Å². The molecule has 2 rings (SSSR count). The van der Waals surface area contributed by atoms with Gasteiger partial charge in [-0.15, -0.1) is 0 Å². The number of nitrogens with one attached hydrogen (secondary N) is 1. The molecule has 0 spiro atoms. The van der Waals surface area contributed by atoms with Crippen molar-refractivity contribution in [3.63, 3.8) is 0 Å². The third-order valence-corrected chi connectivity index (χ3v) is 4.03. The van der Waals surface area contributed by atoms with Crippen molar-refractivity contribution in [2.75, 3.05) is 26.2 Å². The smallest absolute Gasteiger partial charge is 0.242 e. The van der Waals surface area contributed by atoms with Gasteiger partial charge >= 0.3 is 0 Å². The lowest BCUT2D eigenvalue weighted by Gasteiger charge is -2.34. The van der Waals surface area contributed by atoms with Crippen molar-refractivity contribution in [1.29, 1.82) is 0 Å². The second-order valence-corrected chi connectivity index (χ2v) is 6.12. The Labute approximate surface area is 124 Å². The molecule has 0 aromatic carbocycles. The third-order valence-electron chi connectivity index (χ3n) is 4.03. The first-order chi connectivity index (χ1) is 9.90. The minimum absolute atomic E-state index is 0.00214. The minimum atomic E-state index is -0.619. The molecule has 3 amide bonds. The van der Waals surface area contributed by atoms with Crippen LogP contribution in [0.3, 0.4) is 0 Å². The Morgan fingerprint density at radius 2 is 2.00 bits per heavy atom. The SMILES string of the molecule is CC(C)[C@H](N)C(=O)NCC(=O)N1CCN(C2CC2)C(=O)C1. The molecule has 0 aromatic rings. The fourth-order valence-electron chi connectivity index (χ4n) is 2.37. The number of amides is 3. The maximum absolute atomic E-state index is 12.0. The van der Waals surface area contributed by atoms with Crippen LogP contribution in [0.5, 0.6) is 0 Å². The summed E-state index contributed by atoms with van der Waals surface area (Å²) >= 11 is 0. The fourth-order valence-corrected chi connectivity index (χ4v) is 2.37. The quantitative estimate of drug-likeness (QED) is 0.674. The number of carbonyl (C=O) groups excluding carboxylic acids is 3. The van der Waals surface area contributed by atoms with Crippen LogP contribution >= 0.6 is 0 Å². The molecule has 1 heterocycles. The Kier molecular flexibility index (Phi) is 4.82. The molecule has 21 heavy (non-hydrogen) atoms. The molecule has 0 unspecified atom stereocenters. The summed E-state index contributed by atoms with van der Waals surface area (Å²) in [6.07, 6.45) is 2.14. The minimum Gasteiger partial charge on any atom is -0.346 e. The molecule has 7 heteroatoms. The highest BCUT2D eigenvalue weighted by molar-refractivity contribution is 5.90. The van der Waals surface area contributed by atoms with Crippen molar-refractivity contribution < 1.29 is 14.4 Å². The van der Waals surface area contributed by atoms with Gasteiger partial charge in [0.05, 0.1) is 19.1 Å². The highest BCUT2D eigenvalue weighted by atomic mass is 16.2. The molecule has 1 saturated heterocycles. The summed E-state index contributed by atoms with van der Waals surface area (Å²) in [5.74, 6) is -0.546. The van der Waals surface area contributed by atoms with E-state index in [4.69, 9.17) is 5.73 Å². The number of nitrogens with two attached hydrogens (primary N) is 1. The lowest BCUT2D eigenvalue weighted by atomic mass is 10.1. The number of piperazine rings is 1. The lowest BCUT2D eigenvalue weighted by molar-refractivity contribution is -0.145. The first-order valence-corrected chi connectivity index (χ1v) is 7.50. The van der Waals surface area contributed by atoms with Crippen LogP contribution in [0.2, 0.25) is 0 Å². The number of nitrogens with zero attached hydrogens (tertiary/aromatic N) is 2. The topological polar surface area (TPSA) is 95.7 Å². The van der Waals surface area contributed by atoms with Crippen molar-refractivity contribution >= 4 is 17.7 Å². The zero-order chi connectivity index (χ0) is 15.6. The van der Waals surface area contributed by atoms with Crippen LogP contribution in [0.15, 0.2) is 0 Å². The summed E-state index contributed by atoms with van der Waals surface area (Å²) in [6.45, 7) is 4.84. The number of hydrogen-bond donors (Lipinski definition) is 2. The first kappa shape index (κ1) is 15.8. The molecule has 1 aliphatic heterocycles. The Balaban J connectivity index is 1.76. The van der Waals surface area contributed by atoms with E-state index in [9.17, 15) is 14.4 Å². The summed E-state index contributed by atoms with van der Waals surface area (Å²) in [4.78, 5) is 39.0. The van der Waals surface area contributed by atoms with Crippen LogP contribution in [0, 0.1) is 5.92 Å². The van der Waals surface area contributed by atoms with Gasteiger partial charge in [0.25, 0.3) is 0 Å². The van der Waals surface area contributed by atoms with Crippen molar-refractivity contribution in [2.45, 2.75) is 38.8 Å². The average Bonchev–Trinajstić information content (AvgIpc) is 3.27. The zero-order valence-electron chi connectivity index (χ0n) is 12.7. The summed E-state index contributed by atoms with van der Waals surface area (Å²) in [5, 5.41) is 2.54. The van der Waals surface area contributed by atoms with Gasteiger partial charge in [0.2, 0.25) is 17.7 Å². The third kappa shape index (κ3) is 3.93. The van der Waals surface area contributed by atoms with E-state index in [2.05, 4.69) is 5.32 Å². The Hall–Kier alpha value is -1.63. The van der Waals surface area contributed by atoms with Crippen LogP contribution in [-0.4, -0.2) is 65.8 Å². The summed E-state index contributed by atoms with van der Waals surface area (Å²) in [6, 6.07) is -0.232. The van der Waals surface area contributed by atoms with Gasteiger partial charge in [-0.1, -0.05) is 13.8 Å². The summed E-state index contributed by atoms with van der Waals surface area (Å²) in [7, 11) is 0. The normalized spacial score (nSPS) is 20.7. The van der Waals surface area contributed by atoms with Crippen LogP contribution < -0.4 is 11.1 Å². The number of rotatable bonds is 5. The molecule has 0 bridgehead atoms. The van der Waals surface area contributed by atoms with Gasteiger partial charge in [-0.3, -0.25) is 14.4 Å². The molecule has 0 aromatic heterocycles. The number of hydrogen-bond acceptors (Lipinski definition) is 4. The van der Waals surface area contributed by atoms with Crippen LogP contribution in [0.4, 0.5) is 0 Å². The molecular formula is C14H24N4O3. The number of carbonyl (C=O) groups is 3. The molecule has 3 N–H and O–H groups in total. The van der Waals surface area contributed by atoms with E-state index in [1.807, 2.05) is 18.7 Å². The average molecular weight is 296 g/mol. The molecule has 0 radical (unpaired) electrons. The summed E-state index contributed by atoms with van der Waals surface area (Å²) < 4.78 is 0. The Bertz CT molecular complexity index is 434. The van der Waals surface area contributed by atoms with Gasteiger partial charge in [0.15, 0.2) is 0 Å². The molecule has 1 saturated carbocycles. The van der Waals surface area contributed by atoms with Crippen LogP contribution in [0.25, 0.3) is 0 Å². The van der Waals surface area contributed by atoms with E-state index in [-0.39, 0.29) is 36.7 Å². The van der Waals surface area contributed by atoms with Crippen molar-refractivity contribution in [3.8, 4) is 0 Å². The van der Waals surface area contributed by atoms with Crippen molar-refractivity contribution in [3.05, 3.63) is 0 Å². The Morgan fingerprint density at radius 3 is 2.52 bits per heavy atom. The maximum atomic E-state index is 12.0. The van der Waals surface area contributed by atoms with Gasteiger partial charge in [0.1, 0.15) is 0 Å². The lowest BCUT2D eigenvalue weighted by Crippen LogP contribution is -2.55. The van der Waals surface area contributed by atoms with Crippen molar-refractivity contribution in [1.82, 2.24) is 15.1 Å². The predicted octanol–water partition coefficient (Wildman–Crippen LogP) is -1.08. The monoisotopic (exact) mass is 296 g/mol. The first-order valence-electron chi connectivity index (χ1n) is 7.50. The van der Waals surface area contributed by atoms with E-state index >= 15 is 0 Å². The van der Waals surface area contributed by atoms with E-state index < -0.39 is 6.04 Å². The molecule has 2 fully saturated rings. The zero-order valence-corrected chi connectivity index (χ0v) is 12.7. The predicted molar refractivity (Wildman–Crippen MR) is 77.1 cm³/mol. The molecular weight excluding hydrogens is 272 g/mol. The standard InChI is InChI=1S/C14H24N4O3/c1-9(2)13(15)14(21)16-7-11(19)17-5-6-18(10-3-4-10)12(20)8-17/h9-10,13H,3-8,15H2,1-2H3,(H,16,21)/t13-/m0/s1. The highest BCUT2D eigenvalue weighted by Gasteiger charge is 2.36. The van der Waals surface area contributed by atoms with Crippen LogP contribution in [0.1, 0.15) is 26.7 Å².